The van der Waals surface area contributed by atoms with Gasteiger partial charge in [0.1, 0.15) is 22.9 Å². The normalized spacial score (nSPS) is 10.9. The molecule has 2 aromatic carbocycles. The molecule has 2 heterocycles. The fourth-order valence-electron chi connectivity index (χ4n) is 2.90. The first-order chi connectivity index (χ1) is 14.1. The summed E-state index contributed by atoms with van der Waals surface area (Å²) in [6, 6.07) is 11.9. The Kier molecular flexibility index (Phi) is 5.18. The van der Waals surface area contributed by atoms with Crippen molar-refractivity contribution in [2.24, 2.45) is 0 Å². The summed E-state index contributed by atoms with van der Waals surface area (Å²) in [6.45, 7) is 0.131. The molecule has 5 nitrogen and oxygen atoms in total. The van der Waals surface area contributed by atoms with E-state index < -0.39 is 17.5 Å². The smallest absolute Gasteiger partial charge is 0.263 e. The zero-order valence-electron chi connectivity index (χ0n) is 15.3. The average Bonchev–Trinajstić information content (AvgIpc) is 3.16. The van der Waals surface area contributed by atoms with Crippen molar-refractivity contribution in [2.75, 3.05) is 12.0 Å². The van der Waals surface area contributed by atoms with Crippen LogP contribution in [0.5, 0.6) is 5.75 Å². The molecule has 0 fully saturated rings. The molecule has 0 saturated carbocycles. The largest absolute Gasteiger partial charge is 0.494 e. The topological polar surface area (TPSA) is 55.3 Å². The van der Waals surface area contributed by atoms with Crippen LogP contribution in [0.3, 0.4) is 0 Å². The Morgan fingerprint density at radius 3 is 2.76 bits per heavy atom. The van der Waals surface area contributed by atoms with Crippen LogP contribution in [0.1, 0.15) is 15.9 Å². The van der Waals surface area contributed by atoms with Crippen LogP contribution >= 0.6 is 11.3 Å². The summed E-state index contributed by atoms with van der Waals surface area (Å²) in [5.41, 5.74) is 1.12. The lowest BCUT2D eigenvalue weighted by molar-refractivity contribution is 0.0981. The zero-order valence-corrected chi connectivity index (χ0v) is 16.1. The van der Waals surface area contributed by atoms with Crippen LogP contribution in [0, 0.1) is 11.6 Å². The highest BCUT2D eigenvalue weighted by Gasteiger charge is 2.25. The molecule has 0 aliphatic carbocycles. The summed E-state index contributed by atoms with van der Waals surface area (Å²) in [5, 5.41) is 0.377. The minimum atomic E-state index is -0.926. The SMILES string of the molecule is COc1cccc2sc(N(Cc3cccnc3)C(=O)c3ccc(F)cc3F)nc12. The molecule has 0 spiro atoms. The molecule has 2 aromatic heterocycles. The highest BCUT2D eigenvalue weighted by Crippen LogP contribution is 2.35. The number of rotatable bonds is 5. The highest BCUT2D eigenvalue weighted by atomic mass is 32.1. The predicted molar refractivity (Wildman–Crippen MR) is 107 cm³/mol. The second-order valence-electron chi connectivity index (χ2n) is 6.18. The maximum Gasteiger partial charge on any atom is 0.263 e. The van der Waals surface area contributed by atoms with Crippen molar-refractivity contribution in [3.63, 3.8) is 0 Å². The van der Waals surface area contributed by atoms with E-state index >= 15 is 0 Å². The first-order valence-electron chi connectivity index (χ1n) is 8.66. The van der Waals surface area contributed by atoms with Crippen LogP contribution in [-0.2, 0) is 6.54 Å². The van der Waals surface area contributed by atoms with Crippen LogP contribution in [0.15, 0.2) is 60.9 Å². The number of para-hydroxylation sites is 1. The molecule has 4 aromatic rings. The van der Waals surface area contributed by atoms with E-state index in [0.29, 0.717) is 22.5 Å². The van der Waals surface area contributed by atoms with Gasteiger partial charge in [-0.2, -0.15) is 0 Å². The molecule has 0 aliphatic rings. The number of amides is 1. The Morgan fingerprint density at radius 2 is 2.03 bits per heavy atom. The van der Waals surface area contributed by atoms with E-state index in [2.05, 4.69) is 9.97 Å². The second kappa shape index (κ2) is 7.92. The Balaban J connectivity index is 1.81. The average molecular weight is 411 g/mol. The number of anilines is 1. The Morgan fingerprint density at radius 1 is 1.17 bits per heavy atom. The zero-order chi connectivity index (χ0) is 20.4. The Labute approximate surface area is 169 Å². The van der Waals surface area contributed by atoms with Crippen LogP contribution in [0.4, 0.5) is 13.9 Å². The second-order valence-corrected chi connectivity index (χ2v) is 7.19. The van der Waals surface area contributed by atoms with E-state index in [1.54, 1.807) is 31.6 Å². The number of benzene rings is 2. The van der Waals surface area contributed by atoms with E-state index in [1.165, 1.54) is 16.2 Å². The minimum Gasteiger partial charge on any atom is -0.494 e. The number of halogens is 2. The van der Waals surface area contributed by atoms with Crippen LogP contribution < -0.4 is 9.64 Å². The standard InChI is InChI=1S/C21H15F2N3O2S/c1-28-17-5-2-6-18-19(17)25-21(29-18)26(12-13-4-3-9-24-11-13)20(27)15-8-7-14(22)10-16(15)23/h2-11H,12H2,1H3. The van der Waals surface area contributed by atoms with Gasteiger partial charge in [0.2, 0.25) is 0 Å². The van der Waals surface area contributed by atoms with E-state index in [0.717, 1.165) is 22.4 Å². The van der Waals surface area contributed by atoms with Crippen molar-refractivity contribution < 1.29 is 18.3 Å². The molecule has 0 radical (unpaired) electrons. The van der Waals surface area contributed by atoms with Crippen molar-refractivity contribution in [1.82, 2.24) is 9.97 Å². The molecule has 4 rings (SSSR count). The lowest BCUT2D eigenvalue weighted by Crippen LogP contribution is -2.31. The first-order valence-corrected chi connectivity index (χ1v) is 9.48. The molecule has 1 amide bonds. The van der Waals surface area contributed by atoms with Crippen molar-refractivity contribution in [2.45, 2.75) is 6.54 Å². The third kappa shape index (κ3) is 3.79. The molecule has 0 atom stereocenters. The van der Waals surface area contributed by atoms with Gasteiger partial charge in [0, 0.05) is 18.5 Å². The van der Waals surface area contributed by atoms with Gasteiger partial charge in [-0.15, -0.1) is 0 Å². The van der Waals surface area contributed by atoms with Gasteiger partial charge in [0.05, 0.1) is 23.9 Å². The number of fused-ring (bicyclic) bond motifs is 1. The number of hydrogen-bond donors (Lipinski definition) is 0. The fraction of sp³-hybridized carbons (Fsp3) is 0.0952. The van der Waals surface area contributed by atoms with Crippen molar-refractivity contribution in [3.05, 3.63) is 83.7 Å². The summed E-state index contributed by atoms with van der Waals surface area (Å²) in [6.07, 6.45) is 3.24. The van der Waals surface area contributed by atoms with Gasteiger partial charge in [-0.3, -0.25) is 14.7 Å². The number of hydrogen-bond acceptors (Lipinski definition) is 5. The minimum absolute atomic E-state index is 0.131. The summed E-state index contributed by atoms with van der Waals surface area (Å²) >= 11 is 1.28. The summed E-state index contributed by atoms with van der Waals surface area (Å²) in [5.74, 6) is -1.72. The number of pyridine rings is 1. The quantitative estimate of drug-likeness (QED) is 0.472. The maximum atomic E-state index is 14.3. The van der Waals surface area contributed by atoms with E-state index in [4.69, 9.17) is 4.74 Å². The molecular formula is C21H15F2N3O2S. The highest BCUT2D eigenvalue weighted by molar-refractivity contribution is 7.22. The summed E-state index contributed by atoms with van der Waals surface area (Å²) in [4.78, 5) is 23.2. The third-order valence-electron chi connectivity index (χ3n) is 4.29. The predicted octanol–water partition coefficient (Wildman–Crippen LogP) is 4.83. The van der Waals surface area contributed by atoms with Gasteiger partial charge in [0.25, 0.3) is 5.91 Å². The number of nitrogens with zero attached hydrogens (tertiary/aromatic N) is 3. The van der Waals surface area contributed by atoms with Crippen molar-refractivity contribution >= 4 is 32.6 Å². The molecule has 0 saturated heterocycles. The number of carbonyl (C=O) groups is 1. The molecule has 0 bridgehead atoms. The van der Waals surface area contributed by atoms with Gasteiger partial charge < -0.3 is 4.74 Å². The Hall–Kier alpha value is -3.39. The van der Waals surface area contributed by atoms with Gasteiger partial charge in [-0.05, 0) is 35.9 Å². The van der Waals surface area contributed by atoms with Gasteiger partial charge in [-0.25, -0.2) is 13.8 Å². The maximum absolute atomic E-state index is 14.3. The van der Waals surface area contributed by atoms with Crippen molar-refractivity contribution in [3.8, 4) is 5.75 Å². The van der Waals surface area contributed by atoms with E-state index in [1.807, 2.05) is 18.2 Å². The Bertz CT molecular complexity index is 1180. The van der Waals surface area contributed by atoms with Crippen molar-refractivity contribution in [1.29, 1.82) is 0 Å². The molecule has 0 unspecified atom stereocenters. The molecule has 8 heteroatoms. The molecule has 29 heavy (non-hydrogen) atoms. The number of carbonyl (C=O) groups excluding carboxylic acids is 1. The van der Waals surface area contributed by atoms with Gasteiger partial charge in [-0.1, -0.05) is 23.5 Å². The number of ether oxygens (including phenoxy) is 1. The van der Waals surface area contributed by atoms with E-state index in [9.17, 15) is 13.6 Å². The monoisotopic (exact) mass is 411 g/mol. The van der Waals surface area contributed by atoms with Crippen LogP contribution in [0.25, 0.3) is 10.2 Å². The fourth-order valence-corrected chi connectivity index (χ4v) is 3.88. The molecular weight excluding hydrogens is 396 g/mol. The van der Waals surface area contributed by atoms with Crippen LogP contribution in [-0.4, -0.2) is 23.0 Å². The summed E-state index contributed by atoms with van der Waals surface area (Å²) < 4.78 is 33.8. The van der Waals surface area contributed by atoms with Gasteiger partial charge in [0.15, 0.2) is 5.13 Å². The van der Waals surface area contributed by atoms with Gasteiger partial charge >= 0.3 is 0 Å². The molecule has 0 N–H and O–H groups in total. The third-order valence-corrected chi connectivity index (χ3v) is 5.34. The molecule has 146 valence electrons. The van der Waals surface area contributed by atoms with Crippen LogP contribution in [0.2, 0.25) is 0 Å². The molecule has 0 aliphatic heterocycles. The lowest BCUT2D eigenvalue weighted by Gasteiger charge is -2.20. The first kappa shape index (κ1) is 18.9. The lowest BCUT2D eigenvalue weighted by atomic mass is 10.1. The summed E-state index contributed by atoms with van der Waals surface area (Å²) in [7, 11) is 1.54. The number of methoxy groups -OCH3 is 1. The number of thiazole rings is 1. The number of aromatic nitrogens is 2. The van der Waals surface area contributed by atoms with E-state index in [-0.39, 0.29) is 12.1 Å².